The molecule has 2 saturated carbocycles. The summed E-state index contributed by atoms with van der Waals surface area (Å²) in [7, 11) is 0. The van der Waals surface area contributed by atoms with Gasteiger partial charge in [-0.3, -0.25) is 0 Å². The number of hydrogen-bond acceptors (Lipinski definition) is 2. The van der Waals surface area contributed by atoms with Gasteiger partial charge < -0.3 is 9.47 Å². The van der Waals surface area contributed by atoms with E-state index in [0.717, 1.165) is 25.7 Å². The van der Waals surface area contributed by atoms with E-state index in [1.54, 1.807) is 31.2 Å². The van der Waals surface area contributed by atoms with Crippen molar-refractivity contribution in [1.82, 2.24) is 0 Å². The average molecular weight is 647 g/mol. The van der Waals surface area contributed by atoms with E-state index in [4.69, 9.17) is 9.47 Å². The Bertz CT molecular complexity index is 1470. The molecule has 250 valence electrons. The number of benzene rings is 3. The van der Waals surface area contributed by atoms with Crippen LogP contribution >= 0.6 is 0 Å². The van der Waals surface area contributed by atoms with E-state index in [1.807, 2.05) is 6.92 Å². The van der Waals surface area contributed by atoms with Crippen molar-refractivity contribution in [3.63, 3.8) is 0 Å². The fraction of sp³-hybridized carbons (Fsp3) is 0.526. The summed E-state index contributed by atoms with van der Waals surface area (Å²) in [6.45, 7) is 4.29. The Kier molecular flexibility index (Phi) is 11.6. The summed E-state index contributed by atoms with van der Waals surface area (Å²) in [6.07, 6.45) is 8.02. The third kappa shape index (κ3) is 7.52. The molecule has 0 radical (unpaired) electrons. The SMILES string of the molecule is CCCCOc1ccc(C2CCC(CCc3ccc(C4CCC(c5ccc(OCC)c(F)c5F)CC4)c(F)c3F)CC2)c(F)c1F. The van der Waals surface area contributed by atoms with Gasteiger partial charge >= 0.3 is 0 Å². The van der Waals surface area contributed by atoms with Crippen molar-refractivity contribution >= 4 is 0 Å². The van der Waals surface area contributed by atoms with E-state index in [2.05, 4.69) is 0 Å². The molecule has 5 rings (SSSR count). The summed E-state index contributed by atoms with van der Waals surface area (Å²) >= 11 is 0. The van der Waals surface area contributed by atoms with E-state index in [9.17, 15) is 17.6 Å². The second-order valence-electron chi connectivity index (χ2n) is 12.9. The van der Waals surface area contributed by atoms with Crippen LogP contribution in [-0.2, 0) is 6.42 Å². The molecule has 2 nitrogen and oxygen atoms in total. The molecule has 2 fully saturated rings. The maximum absolute atomic E-state index is 15.3. The van der Waals surface area contributed by atoms with Crippen molar-refractivity contribution in [3.8, 4) is 11.5 Å². The van der Waals surface area contributed by atoms with E-state index in [-0.39, 0.29) is 35.9 Å². The summed E-state index contributed by atoms with van der Waals surface area (Å²) < 4.78 is 99.7. The minimum Gasteiger partial charge on any atom is -0.491 e. The Morgan fingerprint density at radius 2 is 1.00 bits per heavy atom. The molecule has 0 N–H and O–H groups in total. The summed E-state index contributed by atoms with van der Waals surface area (Å²) in [5, 5.41) is 0. The van der Waals surface area contributed by atoms with Crippen molar-refractivity contribution < 1.29 is 35.8 Å². The molecule has 2 aliphatic rings. The minimum absolute atomic E-state index is 0.0488. The van der Waals surface area contributed by atoms with Gasteiger partial charge in [-0.1, -0.05) is 37.6 Å². The highest BCUT2D eigenvalue weighted by Crippen LogP contribution is 2.44. The molecule has 8 heteroatoms. The highest BCUT2D eigenvalue weighted by molar-refractivity contribution is 5.35. The Labute approximate surface area is 268 Å². The summed E-state index contributed by atoms with van der Waals surface area (Å²) in [5.74, 6) is -5.59. The Morgan fingerprint density at radius 1 is 0.543 bits per heavy atom. The van der Waals surface area contributed by atoms with Crippen LogP contribution in [-0.4, -0.2) is 13.2 Å². The van der Waals surface area contributed by atoms with Crippen LogP contribution in [0, 0.1) is 40.8 Å². The standard InChI is InChI=1S/C38H44F6O2/c1-3-5-22-46-32-21-19-29(36(42)38(32)44)24-9-6-23(7-10-24)8-11-27-16-17-28(34(40)33(27)39)25-12-14-26(15-13-25)30-18-20-31(45-4-2)37(43)35(30)41/h16-21,23-26H,3-15,22H2,1-2H3. The number of rotatable bonds is 12. The molecule has 0 aliphatic heterocycles. The van der Waals surface area contributed by atoms with Crippen LogP contribution in [0.25, 0.3) is 0 Å². The van der Waals surface area contributed by atoms with Gasteiger partial charge in [0, 0.05) is 0 Å². The molecule has 2 aliphatic carbocycles. The third-order valence-corrected chi connectivity index (χ3v) is 10.1. The van der Waals surface area contributed by atoms with Gasteiger partial charge in [-0.25, -0.2) is 17.6 Å². The number of ether oxygens (including phenoxy) is 2. The highest BCUT2D eigenvalue weighted by atomic mass is 19.2. The van der Waals surface area contributed by atoms with Crippen LogP contribution in [0.1, 0.15) is 124 Å². The van der Waals surface area contributed by atoms with Gasteiger partial charge in [0.25, 0.3) is 0 Å². The van der Waals surface area contributed by atoms with Crippen molar-refractivity contribution in [1.29, 1.82) is 0 Å². The van der Waals surface area contributed by atoms with Crippen molar-refractivity contribution in [2.45, 2.75) is 109 Å². The lowest BCUT2D eigenvalue weighted by atomic mass is 9.75. The zero-order valence-corrected chi connectivity index (χ0v) is 26.8. The molecule has 0 atom stereocenters. The van der Waals surface area contributed by atoms with Crippen LogP contribution in [0.2, 0.25) is 0 Å². The first-order chi connectivity index (χ1) is 22.2. The molecule has 3 aromatic rings. The van der Waals surface area contributed by atoms with Crippen LogP contribution in [0.15, 0.2) is 36.4 Å². The second kappa shape index (κ2) is 15.6. The Morgan fingerprint density at radius 3 is 1.50 bits per heavy atom. The van der Waals surface area contributed by atoms with Gasteiger partial charge in [0.15, 0.2) is 34.8 Å². The molecule has 0 spiro atoms. The first kappa shape index (κ1) is 34.2. The topological polar surface area (TPSA) is 18.5 Å². The fourth-order valence-corrected chi connectivity index (χ4v) is 7.38. The number of halogens is 6. The van der Waals surface area contributed by atoms with Crippen LogP contribution in [0.5, 0.6) is 11.5 Å². The molecule has 0 amide bonds. The Balaban J connectivity index is 1.13. The molecule has 3 aromatic carbocycles. The lowest BCUT2D eigenvalue weighted by Gasteiger charge is -2.30. The maximum Gasteiger partial charge on any atom is 0.200 e. The van der Waals surface area contributed by atoms with Crippen LogP contribution in [0.4, 0.5) is 26.3 Å². The molecule has 0 unspecified atom stereocenters. The molecule has 46 heavy (non-hydrogen) atoms. The van der Waals surface area contributed by atoms with E-state index in [0.29, 0.717) is 86.1 Å². The molecular weight excluding hydrogens is 602 g/mol. The molecule has 0 aromatic heterocycles. The van der Waals surface area contributed by atoms with Gasteiger partial charge in [0.05, 0.1) is 13.2 Å². The minimum atomic E-state index is -0.985. The van der Waals surface area contributed by atoms with E-state index >= 15 is 8.78 Å². The molecule has 0 bridgehead atoms. The smallest absolute Gasteiger partial charge is 0.200 e. The number of unbranched alkanes of at least 4 members (excludes halogenated alkanes) is 1. The monoisotopic (exact) mass is 646 g/mol. The highest BCUT2D eigenvalue weighted by Gasteiger charge is 2.31. The molecule has 0 heterocycles. The number of hydrogen-bond donors (Lipinski definition) is 0. The van der Waals surface area contributed by atoms with Crippen molar-refractivity contribution in [2.75, 3.05) is 13.2 Å². The molecule has 0 saturated heterocycles. The predicted molar refractivity (Wildman–Crippen MR) is 168 cm³/mol. The third-order valence-electron chi connectivity index (χ3n) is 10.1. The summed E-state index contributed by atoms with van der Waals surface area (Å²) in [4.78, 5) is 0. The molecular formula is C38H44F6O2. The van der Waals surface area contributed by atoms with Crippen LogP contribution < -0.4 is 9.47 Å². The average Bonchev–Trinajstić information content (AvgIpc) is 3.07. The first-order valence-electron chi connectivity index (χ1n) is 16.9. The van der Waals surface area contributed by atoms with Gasteiger partial charge in [0.2, 0.25) is 11.6 Å². The summed E-state index contributed by atoms with van der Waals surface area (Å²) in [5.41, 5.74) is 1.37. The Hall–Kier alpha value is -3.16. The van der Waals surface area contributed by atoms with Crippen LogP contribution in [0.3, 0.4) is 0 Å². The van der Waals surface area contributed by atoms with Gasteiger partial charge in [-0.15, -0.1) is 0 Å². The quantitative estimate of drug-likeness (QED) is 0.144. The zero-order chi connectivity index (χ0) is 32.8. The van der Waals surface area contributed by atoms with Crippen molar-refractivity contribution in [3.05, 3.63) is 93.6 Å². The normalized spacial score (nSPS) is 21.7. The largest absolute Gasteiger partial charge is 0.491 e. The number of aryl methyl sites for hydroxylation is 1. The van der Waals surface area contributed by atoms with E-state index < -0.39 is 34.9 Å². The second-order valence-corrected chi connectivity index (χ2v) is 12.9. The van der Waals surface area contributed by atoms with Crippen molar-refractivity contribution in [2.24, 2.45) is 5.92 Å². The first-order valence-corrected chi connectivity index (χ1v) is 16.9. The maximum atomic E-state index is 15.3. The fourth-order valence-electron chi connectivity index (χ4n) is 7.38. The summed E-state index contributed by atoms with van der Waals surface area (Å²) in [6, 6.07) is 9.53. The van der Waals surface area contributed by atoms with E-state index in [1.165, 1.54) is 12.1 Å². The zero-order valence-electron chi connectivity index (χ0n) is 26.8. The van der Waals surface area contributed by atoms with Gasteiger partial charge in [-0.2, -0.15) is 8.78 Å². The van der Waals surface area contributed by atoms with Gasteiger partial charge in [0.1, 0.15) is 0 Å². The predicted octanol–water partition coefficient (Wildman–Crippen LogP) is 11.4. The van der Waals surface area contributed by atoms with Gasteiger partial charge in [-0.05, 0) is 136 Å². The lowest BCUT2D eigenvalue weighted by Crippen LogP contribution is -2.17. The lowest BCUT2D eigenvalue weighted by molar-refractivity contribution is 0.283.